The fourth-order valence-corrected chi connectivity index (χ4v) is 6.91. The van der Waals surface area contributed by atoms with Gasteiger partial charge in [0.1, 0.15) is 5.69 Å². The molecule has 2 aliphatic carbocycles. The number of aromatic nitrogens is 4. The first kappa shape index (κ1) is 30.4. The van der Waals surface area contributed by atoms with E-state index in [0.717, 1.165) is 87.3 Å². The monoisotopic (exact) mass is 597 g/mol. The van der Waals surface area contributed by atoms with E-state index in [0.29, 0.717) is 11.6 Å². The van der Waals surface area contributed by atoms with Crippen molar-refractivity contribution >= 4 is 32.9 Å². The average molecular weight is 598 g/mol. The van der Waals surface area contributed by atoms with Gasteiger partial charge in [-0.2, -0.15) is 10.1 Å². The van der Waals surface area contributed by atoms with Gasteiger partial charge in [0.05, 0.1) is 22.4 Å². The topological polar surface area (TPSA) is 151 Å². The summed E-state index contributed by atoms with van der Waals surface area (Å²) >= 11 is 0. The van der Waals surface area contributed by atoms with E-state index in [4.69, 9.17) is 10.1 Å². The third-order valence-corrected chi connectivity index (χ3v) is 9.80. The second-order valence-electron chi connectivity index (χ2n) is 11.5. The molecule has 0 radical (unpaired) electrons. The Balaban J connectivity index is 1.30. The summed E-state index contributed by atoms with van der Waals surface area (Å²) in [6, 6.07) is 6.92. The summed E-state index contributed by atoms with van der Waals surface area (Å²) in [5, 5.41) is 22.1. The fraction of sp³-hybridized carbons (Fsp3) is 0.600. The molecule has 2 saturated carbocycles. The Kier molecular flexibility index (Phi) is 10.1. The van der Waals surface area contributed by atoms with Crippen LogP contribution in [0.15, 0.2) is 35.4 Å². The molecule has 11 nitrogen and oxygen atoms in total. The molecular formula is C30H43N7O4S. The van der Waals surface area contributed by atoms with E-state index in [-0.39, 0.29) is 42.0 Å². The van der Waals surface area contributed by atoms with Crippen molar-refractivity contribution < 1.29 is 18.3 Å². The summed E-state index contributed by atoms with van der Waals surface area (Å²) in [5.74, 6) is 0.431. The van der Waals surface area contributed by atoms with Crippen molar-refractivity contribution in [1.82, 2.24) is 29.8 Å². The van der Waals surface area contributed by atoms with Gasteiger partial charge in [0, 0.05) is 37.3 Å². The van der Waals surface area contributed by atoms with Gasteiger partial charge in [0.25, 0.3) is 0 Å². The lowest BCUT2D eigenvalue weighted by molar-refractivity contribution is -0.121. The zero-order valence-electron chi connectivity index (χ0n) is 24.4. The van der Waals surface area contributed by atoms with Crippen LogP contribution in [-0.4, -0.2) is 64.4 Å². The normalized spacial score (nSPS) is 20.0. The maximum atomic E-state index is 12.9. The number of carbonyl (C=O) groups excluding carboxylic acids is 1. The Morgan fingerprint density at radius 1 is 1.02 bits per heavy atom. The molecule has 0 spiro atoms. The lowest BCUT2D eigenvalue weighted by atomic mass is 9.93. The van der Waals surface area contributed by atoms with Crippen LogP contribution in [0.2, 0.25) is 0 Å². The number of nitrogens with one attached hydrogen (secondary N) is 3. The first-order valence-corrected chi connectivity index (χ1v) is 16.9. The van der Waals surface area contributed by atoms with Gasteiger partial charge < -0.3 is 15.7 Å². The van der Waals surface area contributed by atoms with E-state index >= 15 is 0 Å². The quantitative estimate of drug-likeness (QED) is 0.226. The average Bonchev–Trinajstić information content (AvgIpc) is 3.37. The highest BCUT2D eigenvalue weighted by atomic mass is 32.2. The van der Waals surface area contributed by atoms with E-state index in [1.165, 1.54) is 6.42 Å². The van der Waals surface area contributed by atoms with Crippen molar-refractivity contribution in [3.05, 3.63) is 30.5 Å². The number of hydrogen-bond donors (Lipinski definition) is 4. The van der Waals surface area contributed by atoms with E-state index in [2.05, 4.69) is 27.3 Å². The molecule has 1 aromatic carbocycles. The molecule has 2 fully saturated rings. The summed E-state index contributed by atoms with van der Waals surface area (Å²) in [6.07, 6.45) is 12.2. The molecule has 5 rings (SSSR count). The van der Waals surface area contributed by atoms with Crippen LogP contribution in [0.3, 0.4) is 0 Å². The highest BCUT2D eigenvalue weighted by molar-refractivity contribution is 7.89. The van der Waals surface area contributed by atoms with E-state index < -0.39 is 10.0 Å². The van der Waals surface area contributed by atoms with Gasteiger partial charge in [-0.1, -0.05) is 44.7 Å². The lowest BCUT2D eigenvalue weighted by Gasteiger charge is -2.25. The first-order valence-electron chi connectivity index (χ1n) is 15.4. The summed E-state index contributed by atoms with van der Waals surface area (Å²) in [5.41, 5.74) is 2.17. The van der Waals surface area contributed by atoms with Crippen molar-refractivity contribution in [3.63, 3.8) is 0 Å². The molecule has 0 aliphatic heterocycles. The highest BCUT2D eigenvalue weighted by Gasteiger charge is 2.26. The van der Waals surface area contributed by atoms with Crippen molar-refractivity contribution in [2.75, 3.05) is 18.4 Å². The van der Waals surface area contributed by atoms with Gasteiger partial charge >= 0.3 is 0 Å². The molecule has 3 aromatic rings. The molecule has 0 atom stereocenters. The zero-order chi connectivity index (χ0) is 29.5. The predicted molar refractivity (Wildman–Crippen MR) is 162 cm³/mol. The fourth-order valence-electron chi connectivity index (χ4n) is 5.88. The molecular weight excluding hydrogens is 554 g/mol. The number of fused-ring (bicyclic) bond motifs is 1. The minimum Gasteiger partial charge on any atom is -0.393 e. The minimum atomic E-state index is -3.78. The molecule has 0 saturated heterocycles. The van der Waals surface area contributed by atoms with Gasteiger partial charge in [0.2, 0.25) is 21.9 Å². The molecule has 0 unspecified atom stereocenters. The maximum Gasteiger partial charge on any atom is 0.240 e. The Morgan fingerprint density at radius 3 is 2.48 bits per heavy atom. The molecule has 1 amide bonds. The van der Waals surface area contributed by atoms with Crippen LogP contribution in [0.25, 0.3) is 22.3 Å². The number of nitrogens with zero attached hydrogens (tertiary/aromatic N) is 4. The number of anilines is 1. The number of aliphatic hydroxyl groups excluding tert-OH is 1. The number of carbonyl (C=O) groups is 1. The Labute approximate surface area is 248 Å². The van der Waals surface area contributed by atoms with E-state index in [1.807, 2.05) is 4.68 Å². The number of amides is 1. The van der Waals surface area contributed by atoms with Crippen LogP contribution in [0, 0.1) is 0 Å². The maximum absolute atomic E-state index is 12.9. The summed E-state index contributed by atoms with van der Waals surface area (Å²) < 4.78 is 30.4. The van der Waals surface area contributed by atoms with Crippen LogP contribution in [0.1, 0.15) is 90.0 Å². The van der Waals surface area contributed by atoms with Gasteiger partial charge in [-0.3, -0.25) is 4.79 Å². The Morgan fingerprint density at radius 2 is 1.76 bits per heavy atom. The second-order valence-corrected chi connectivity index (χ2v) is 13.3. The van der Waals surface area contributed by atoms with Gasteiger partial charge in [-0.15, -0.1) is 0 Å². The van der Waals surface area contributed by atoms with Crippen molar-refractivity contribution in [3.8, 4) is 11.3 Å². The van der Waals surface area contributed by atoms with Crippen LogP contribution in [0.5, 0.6) is 0 Å². The predicted octanol–water partition coefficient (Wildman–Crippen LogP) is 4.30. The number of sulfonamides is 1. The van der Waals surface area contributed by atoms with Crippen molar-refractivity contribution in [2.45, 2.75) is 107 Å². The molecule has 2 heterocycles. The Hall–Kier alpha value is -3.09. The summed E-state index contributed by atoms with van der Waals surface area (Å²) in [4.78, 5) is 21.7. The standard InChI is InChI=1S/C30H43N7O4S/c1-2-3-18-31-30-32-20-26-28(36-37(29(26)35-30)23-11-13-24(38)14-12-23)21-9-15-25(16-10-21)42(40,41)33-19-17-27(39)34-22-7-5-4-6-8-22/h9-10,15-16,20,22-24,33,38H,2-8,11-14,17-19H2,1H3,(H,34,39)(H,31,32,35)/t23-,24-. The SMILES string of the molecule is CCCCNc1ncc2c(-c3ccc(S(=O)(=O)NCCC(=O)NC4CCCCC4)cc3)nn([C@H]3CC[C@H](O)CC3)c2n1. The summed E-state index contributed by atoms with van der Waals surface area (Å²) in [6.45, 7) is 2.96. The molecule has 228 valence electrons. The van der Waals surface area contributed by atoms with Gasteiger partial charge in [0.15, 0.2) is 5.65 Å². The minimum absolute atomic E-state index is 0.0414. The van der Waals surface area contributed by atoms with E-state index in [9.17, 15) is 18.3 Å². The number of aliphatic hydroxyl groups is 1. The molecule has 12 heteroatoms. The molecule has 0 bridgehead atoms. The first-order chi connectivity index (χ1) is 20.3. The third-order valence-electron chi connectivity index (χ3n) is 8.33. The number of rotatable bonds is 12. The van der Waals surface area contributed by atoms with Gasteiger partial charge in [-0.25, -0.2) is 22.8 Å². The van der Waals surface area contributed by atoms with Crippen molar-refractivity contribution in [2.24, 2.45) is 0 Å². The van der Waals surface area contributed by atoms with Crippen LogP contribution >= 0.6 is 0 Å². The number of unbranched alkanes of at least 4 members (excludes halogenated alkanes) is 1. The summed E-state index contributed by atoms with van der Waals surface area (Å²) in [7, 11) is -3.78. The number of benzene rings is 1. The van der Waals surface area contributed by atoms with Crippen LogP contribution in [-0.2, 0) is 14.8 Å². The third kappa shape index (κ3) is 7.45. The van der Waals surface area contributed by atoms with Gasteiger partial charge in [-0.05, 0) is 57.1 Å². The second kappa shape index (κ2) is 13.9. The number of hydrogen-bond acceptors (Lipinski definition) is 8. The molecule has 4 N–H and O–H groups in total. The van der Waals surface area contributed by atoms with Crippen LogP contribution < -0.4 is 15.4 Å². The van der Waals surface area contributed by atoms with Crippen LogP contribution in [0.4, 0.5) is 5.95 Å². The molecule has 2 aliphatic rings. The molecule has 2 aromatic heterocycles. The van der Waals surface area contributed by atoms with Crippen molar-refractivity contribution in [1.29, 1.82) is 0 Å². The molecule has 42 heavy (non-hydrogen) atoms. The zero-order valence-corrected chi connectivity index (χ0v) is 25.2. The largest absolute Gasteiger partial charge is 0.393 e. The van der Waals surface area contributed by atoms with E-state index in [1.54, 1.807) is 30.5 Å². The highest BCUT2D eigenvalue weighted by Crippen LogP contribution is 2.34. The lowest BCUT2D eigenvalue weighted by Crippen LogP contribution is -2.38. The Bertz CT molecular complexity index is 1440. The smallest absolute Gasteiger partial charge is 0.240 e.